The summed E-state index contributed by atoms with van der Waals surface area (Å²) in [4.78, 5) is 5.45. The normalized spacial score (nSPS) is 10.6. The Morgan fingerprint density at radius 1 is 1.31 bits per heavy atom. The van der Waals surface area contributed by atoms with E-state index in [1.54, 1.807) is 11.8 Å². The van der Waals surface area contributed by atoms with Gasteiger partial charge in [0.1, 0.15) is 0 Å². The van der Waals surface area contributed by atoms with Crippen LogP contribution >= 0.6 is 27.7 Å². The lowest BCUT2D eigenvalue weighted by molar-refractivity contribution is 0.385. The molecule has 0 unspecified atom stereocenters. The van der Waals surface area contributed by atoms with Crippen molar-refractivity contribution in [3.8, 4) is 0 Å². The average Bonchev–Trinajstić information content (AvgIpc) is 2.76. The van der Waals surface area contributed by atoms with Crippen LogP contribution in [0.25, 0.3) is 0 Å². The Kier molecular flexibility index (Phi) is 4.01. The standard InChI is InChI=1S/C11H11BrN2OS/c1-2-10-13-11(15-14-10)7-16-9-5-3-8(12)4-6-9/h3-6H,2,7H2,1H3. The molecule has 0 bridgehead atoms. The van der Waals surface area contributed by atoms with Crippen molar-refractivity contribution < 1.29 is 4.52 Å². The highest BCUT2D eigenvalue weighted by Gasteiger charge is 2.04. The zero-order valence-electron chi connectivity index (χ0n) is 8.81. The van der Waals surface area contributed by atoms with Gasteiger partial charge in [0.25, 0.3) is 0 Å². The minimum atomic E-state index is 0.685. The van der Waals surface area contributed by atoms with Crippen molar-refractivity contribution in [3.63, 3.8) is 0 Å². The molecule has 0 radical (unpaired) electrons. The largest absolute Gasteiger partial charge is 0.338 e. The van der Waals surface area contributed by atoms with E-state index in [0.29, 0.717) is 11.6 Å². The third-order valence-corrected chi connectivity index (χ3v) is 3.53. The maximum atomic E-state index is 5.11. The molecule has 84 valence electrons. The molecule has 16 heavy (non-hydrogen) atoms. The summed E-state index contributed by atoms with van der Waals surface area (Å²) in [6.45, 7) is 2.01. The number of halogens is 1. The van der Waals surface area contributed by atoms with E-state index in [1.807, 2.05) is 19.1 Å². The van der Waals surface area contributed by atoms with Crippen molar-refractivity contribution in [3.05, 3.63) is 40.5 Å². The molecule has 1 aromatic carbocycles. The summed E-state index contributed by atoms with van der Waals surface area (Å²) in [6.07, 6.45) is 0.812. The number of thioether (sulfide) groups is 1. The summed E-state index contributed by atoms with van der Waals surface area (Å²) < 4.78 is 6.20. The Morgan fingerprint density at radius 3 is 2.69 bits per heavy atom. The molecule has 0 fully saturated rings. The van der Waals surface area contributed by atoms with E-state index in [-0.39, 0.29) is 0 Å². The molecule has 0 saturated heterocycles. The van der Waals surface area contributed by atoms with Gasteiger partial charge in [-0.05, 0) is 24.3 Å². The van der Waals surface area contributed by atoms with Gasteiger partial charge >= 0.3 is 0 Å². The van der Waals surface area contributed by atoms with Crippen molar-refractivity contribution in [1.82, 2.24) is 10.1 Å². The van der Waals surface area contributed by atoms with E-state index in [1.165, 1.54) is 4.90 Å². The number of aryl methyl sites for hydroxylation is 1. The van der Waals surface area contributed by atoms with Gasteiger partial charge in [-0.1, -0.05) is 28.0 Å². The molecule has 0 aliphatic carbocycles. The summed E-state index contributed by atoms with van der Waals surface area (Å²) in [5.41, 5.74) is 0. The topological polar surface area (TPSA) is 38.9 Å². The molecule has 2 aromatic rings. The van der Waals surface area contributed by atoms with Crippen LogP contribution in [-0.4, -0.2) is 10.1 Å². The lowest BCUT2D eigenvalue weighted by Crippen LogP contribution is -1.84. The monoisotopic (exact) mass is 298 g/mol. The molecule has 5 heteroatoms. The van der Waals surface area contributed by atoms with Crippen LogP contribution in [0, 0.1) is 0 Å². The first-order valence-corrected chi connectivity index (χ1v) is 6.75. The van der Waals surface area contributed by atoms with Crippen LogP contribution in [0.5, 0.6) is 0 Å². The minimum absolute atomic E-state index is 0.685. The third kappa shape index (κ3) is 3.09. The average molecular weight is 299 g/mol. The molecular formula is C11H11BrN2OS. The van der Waals surface area contributed by atoms with Gasteiger partial charge in [0, 0.05) is 15.8 Å². The number of aromatic nitrogens is 2. The van der Waals surface area contributed by atoms with Crippen LogP contribution in [0.2, 0.25) is 0 Å². The molecule has 0 aliphatic rings. The zero-order chi connectivity index (χ0) is 11.4. The molecule has 0 amide bonds. The van der Waals surface area contributed by atoms with Crippen LogP contribution in [-0.2, 0) is 12.2 Å². The van der Waals surface area contributed by atoms with E-state index >= 15 is 0 Å². The summed E-state index contributed by atoms with van der Waals surface area (Å²) in [5, 5.41) is 3.85. The van der Waals surface area contributed by atoms with Crippen molar-refractivity contribution in [1.29, 1.82) is 0 Å². The maximum Gasteiger partial charge on any atom is 0.237 e. The van der Waals surface area contributed by atoms with E-state index in [2.05, 4.69) is 38.2 Å². The zero-order valence-corrected chi connectivity index (χ0v) is 11.2. The van der Waals surface area contributed by atoms with Gasteiger partial charge in [0.05, 0.1) is 5.75 Å². The van der Waals surface area contributed by atoms with Gasteiger partial charge in [0.2, 0.25) is 5.89 Å². The van der Waals surface area contributed by atoms with Gasteiger partial charge in [0.15, 0.2) is 5.82 Å². The molecule has 1 aromatic heterocycles. The fraction of sp³-hybridized carbons (Fsp3) is 0.273. The van der Waals surface area contributed by atoms with Gasteiger partial charge in [-0.2, -0.15) is 4.98 Å². The second kappa shape index (κ2) is 5.50. The second-order valence-corrected chi connectivity index (χ2v) is 5.16. The summed E-state index contributed by atoms with van der Waals surface area (Å²) >= 11 is 5.09. The molecule has 1 heterocycles. The molecule has 3 nitrogen and oxygen atoms in total. The van der Waals surface area contributed by atoms with Gasteiger partial charge < -0.3 is 4.52 Å². The Balaban J connectivity index is 1.94. The van der Waals surface area contributed by atoms with Gasteiger partial charge in [-0.15, -0.1) is 11.8 Å². The molecule has 0 N–H and O–H groups in total. The molecule has 2 rings (SSSR count). The van der Waals surface area contributed by atoms with Crippen LogP contribution in [0.3, 0.4) is 0 Å². The first-order chi connectivity index (χ1) is 7.78. The van der Waals surface area contributed by atoms with E-state index in [4.69, 9.17) is 4.52 Å². The Hall–Kier alpha value is -0.810. The Labute approximate surface area is 107 Å². The maximum absolute atomic E-state index is 5.11. The van der Waals surface area contributed by atoms with E-state index < -0.39 is 0 Å². The highest BCUT2D eigenvalue weighted by molar-refractivity contribution is 9.10. The van der Waals surface area contributed by atoms with Crippen molar-refractivity contribution in [2.75, 3.05) is 0 Å². The molecular weight excluding hydrogens is 288 g/mol. The molecule has 0 spiro atoms. The van der Waals surface area contributed by atoms with Gasteiger partial charge in [-0.25, -0.2) is 0 Å². The van der Waals surface area contributed by atoms with Crippen molar-refractivity contribution >= 4 is 27.7 Å². The number of hydrogen-bond acceptors (Lipinski definition) is 4. The summed E-state index contributed by atoms with van der Waals surface area (Å²) in [7, 11) is 0. The fourth-order valence-electron chi connectivity index (χ4n) is 1.17. The van der Waals surface area contributed by atoms with Crippen molar-refractivity contribution in [2.45, 2.75) is 24.0 Å². The minimum Gasteiger partial charge on any atom is -0.338 e. The Morgan fingerprint density at radius 2 is 2.06 bits per heavy atom. The molecule has 0 aliphatic heterocycles. The number of hydrogen-bond donors (Lipinski definition) is 0. The first kappa shape index (κ1) is 11.7. The predicted molar refractivity (Wildman–Crippen MR) is 67.4 cm³/mol. The fourth-order valence-corrected chi connectivity index (χ4v) is 2.17. The lowest BCUT2D eigenvalue weighted by atomic mass is 10.4. The smallest absolute Gasteiger partial charge is 0.237 e. The van der Waals surface area contributed by atoms with Crippen LogP contribution in [0.4, 0.5) is 0 Å². The Bertz CT molecular complexity index is 455. The van der Waals surface area contributed by atoms with Gasteiger partial charge in [-0.3, -0.25) is 0 Å². The number of rotatable bonds is 4. The molecule has 0 saturated carbocycles. The number of benzene rings is 1. The van der Waals surface area contributed by atoms with Crippen molar-refractivity contribution in [2.24, 2.45) is 0 Å². The lowest BCUT2D eigenvalue weighted by Gasteiger charge is -1.97. The van der Waals surface area contributed by atoms with Crippen LogP contribution < -0.4 is 0 Å². The second-order valence-electron chi connectivity index (χ2n) is 3.20. The summed E-state index contributed by atoms with van der Waals surface area (Å²) in [6, 6.07) is 8.17. The molecule has 0 atom stereocenters. The van der Waals surface area contributed by atoms with E-state index in [9.17, 15) is 0 Å². The predicted octanol–water partition coefficient (Wildman–Crippen LogP) is 3.69. The van der Waals surface area contributed by atoms with E-state index in [0.717, 1.165) is 16.7 Å². The summed E-state index contributed by atoms with van der Waals surface area (Å²) in [5.74, 6) is 2.17. The first-order valence-electron chi connectivity index (χ1n) is 4.97. The van der Waals surface area contributed by atoms with Crippen LogP contribution in [0.15, 0.2) is 38.2 Å². The SMILES string of the molecule is CCc1noc(CSc2ccc(Br)cc2)n1. The quantitative estimate of drug-likeness (QED) is 0.807. The number of nitrogens with zero attached hydrogens (tertiary/aromatic N) is 2. The highest BCUT2D eigenvalue weighted by Crippen LogP contribution is 2.23. The third-order valence-electron chi connectivity index (χ3n) is 2.00. The van der Waals surface area contributed by atoms with Crippen LogP contribution in [0.1, 0.15) is 18.6 Å². The highest BCUT2D eigenvalue weighted by atomic mass is 79.9.